The van der Waals surface area contributed by atoms with Crippen molar-refractivity contribution in [2.24, 2.45) is 0 Å². The molecule has 5 nitrogen and oxygen atoms in total. The molecule has 1 atom stereocenters. The van der Waals surface area contributed by atoms with Crippen LogP contribution in [0.1, 0.15) is 22.3 Å². The first kappa shape index (κ1) is 16.1. The first-order valence-electron chi connectivity index (χ1n) is 8.95. The minimum Gasteiger partial charge on any atom is -0.377 e. The molecule has 2 saturated heterocycles. The van der Waals surface area contributed by atoms with Crippen molar-refractivity contribution >= 4 is 11.7 Å². The SMILES string of the molecule is O=C(c1ccc(N2CCC2)nc1)N1CCOCC1Cc1ccccc1. The fraction of sp³-hybridized carbons (Fsp3) is 0.400. The topological polar surface area (TPSA) is 45.7 Å². The van der Waals surface area contributed by atoms with E-state index in [0.717, 1.165) is 25.3 Å². The molecule has 0 saturated carbocycles. The molecule has 2 aliphatic heterocycles. The van der Waals surface area contributed by atoms with Gasteiger partial charge in [-0.3, -0.25) is 4.79 Å². The third-order valence-corrected chi connectivity index (χ3v) is 4.98. The van der Waals surface area contributed by atoms with Crippen molar-refractivity contribution < 1.29 is 9.53 Å². The Balaban J connectivity index is 1.48. The number of carbonyl (C=O) groups is 1. The maximum Gasteiger partial charge on any atom is 0.255 e. The summed E-state index contributed by atoms with van der Waals surface area (Å²) >= 11 is 0. The molecule has 1 unspecified atom stereocenters. The average Bonchev–Trinajstić information content (AvgIpc) is 2.62. The Kier molecular flexibility index (Phi) is 4.65. The molecule has 4 rings (SSSR count). The van der Waals surface area contributed by atoms with Gasteiger partial charge < -0.3 is 14.5 Å². The van der Waals surface area contributed by atoms with Crippen molar-refractivity contribution in [3.8, 4) is 0 Å². The molecule has 2 aliphatic rings. The van der Waals surface area contributed by atoms with Gasteiger partial charge in [0.05, 0.1) is 24.8 Å². The van der Waals surface area contributed by atoms with Crippen molar-refractivity contribution in [3.63, 3.8) is 0 Å². The van der Waals surface area contributed by atoms with Crippen molar-refractivity contribution in [2.45, 2.75) is 18.9 Å². The Labute approximate surface area is 148 Å². The molecular weight excluding hydrogens is 314 g/mol. The van der Waals surface area contributed by atoms with E-state index in [0.29, 0.717) is 25.3 Å². The van der Waals surface area contributed by atoms with Crippen LogP contribution in [-0.4, -0.2) is 54.7 Å². The summed E-state index contributed by atoms with van der Waals surface area (Å²) < 4.78 is 5.63. The van der Waals surface area contributed by atoms with E-state index in [2.05, 4.69) is 22.0 Å². The first-order valence-corrected chi connectivity index (χ1v) is 8.95. The van der Waals surface area contributed by atoms with Crippen molar-refractivity contribution in [2.75, 3.05) is 37.7 Å². The summed E-state index contributed by atoms with van der Waals surface area (Å²) in [7, 11) is 0. The first-order chi connectivity index (χ1) is 12.3. The lowest BCUT2D eigenvalue weighted by Crippen LogP contribution is -2.49. The molecule has 0 aliphatic carbocycles. The maximum absolute atomic E-state index is 13.0. The van der Waals surface area contributed by atoms with Crippen LogP contribution in [0.25, 0.3) is 0 Å². The Morgan fingerprint density at radius 2 is 1.96 bits per heavy atom. The number of pyridine rings is 1. The van der Waals surface area contributed by atoms with E-state index in [1.54, 1.807) is 6.20 Å². The van der Waals surface area contributed by atoms with Gasteiger partial charge in [0.1, 0.15) is 5.82 Å². The van der Waals surface area contributed by atoms with Crippen LogP contribution >= 0.6 is 0 Å². The minimum absolute atomic E-state index is 0.0480. The van der Waals surface area contributed by atoms with Crippen molar-refractivity contribution in [1.29, 1.82) is 0 Å². The predicted molar refractivity (Wildman–Crippen MR) is 96.9 cm³/mol. The number of rotatable bonds is 4. The number of anilines is 1. The molecule has 3 heterocycles. The Hall–Kier alpha value is -2.40. The van der Waals surface area contributed by atoms with E-state index in [4.69, 9.17) is 4.74 Å². The Bertz CT molecular complexity index is 713. The van der Waals surface area contributed by atoms with Gasteiger partial charge in [0.25, 0.3) is 5.91 Å². The molecule has 130 valence electrons. The van der Waals surface area contributed by atoms with Crippen LogP contribution in [0.5, 0.6) is 0 Å². The summed E-state index contributed by atoms with van der Waals surface area (Å²) in [4.78, 5) is 21.6. The summed E-state index contributed by atoms with van der Waals surface area (Å²) in [5.41, 5.74) is 1.88. The molecule has 2 aromatic rings. The smallest absolute Gasteiger partial charge is 0.255 e. The zero-order chi connectivity index (χ0) is 17.1. The van der Waals surface area contributed by atoms with E-state index in [1.165, 1.54) is 12.0 Å². The van der Waals surface area contributed by atoms with Gasteiger partial charge in [-0.1, -0.05) is 30.3 Å². The molecule has 5 heteroatoms. The monoisotopic (exact) mass is 337 g/mol. The fourth-order valence-corrected chi connectivity index (χ4v) is 3.39. The molecule has 2 fully saturated rings. The number of aromatic nitrogens is 1. The summed E-state index contributed by atoms with van der Waals surface area (Å²) in [6, 6.07) is 14.2. The van der Waals surface area contributed by atoms with Crippen LogP contribution in [0.15, 0.2) is 48.7 Å². The third-order valence-electron chi connectivity index (χ3n) is 4.98. The lowest BCUT2D eigenvalue weighted by Gasteiger charge is -2.36. The van der Waals surface area contributed by atoms with Gasteiger partial charge in [-0.2, -0.15) is 0 Å². The number of carbonyl (C=O) groups excluding carboxylic acids is 1. The molecule has 0 radical (unpaired) electrons. The highest BCUT2D eigenvalue weighted by Crippen LogP contribution is 2.20. The minimum atomic E-state index is 0.0480. The second-order valence-corrected chi connectivity index (χ2v) is 6.66. The van der Waals surface area contributed by atoms with Crippen molar-refractivity contribution in [1.82, 2.24) is 9.88 Å². The second kappa shape index (κ2) is 7.23. The fourth-order valence-electron chi connectivity index (χ4n) is 3.39. The van der Waals surface area contributed by atoms with Crippen LogP contribution in [0.2, 0.25) is 0 Å². The van der Waals surface area contributed by atoms with Gasteiger partial charge in [-0.15, -0.1) is 0 Å². The summed E-state index contributed by atoms with van der Waals surface area (Å²) in [6.07, 6.45) is 3.74. The number of benzene rings is 1. The quantitative estimate of drug-likeness (QED) is 0.859. The van der Waals surface area contributed by atoms with Crippen LogP contribution in [0.3, 0.4) is 0 Å². The molecule has 1 amide bonds. The second-order valence-electron chi connectivity index (χ2n) is 6.66. The number of morpholine rings is 1. The standard InChI is InChI=1S/C20H23N3O2/c24-20(17-7-8-19(21-14-17)22-9-4-10-22)23-11-12-25-15-18(23)13-16-5-2-1-3-6-16/h1-3,5-8,14,18H,4,9-13,15H2. The van der Waals surface area contributed by atoms with Crippen LogP contribution in [0.4, 0.5) is 5.82 Å². The molecular formula is C20H23N3O2. The van der Waals surface area contributed by atoms with E-state index in [9.17, 15) is 4.79 Å². The normalized spacial score (nSPS) is 20.2. The largest absolute Gasteiger partial charge is 0.377 e. The van der Waals surface area contributed by atoms with Crippen molar-refractivity contribution in [3.05, 3.63) is 59.8 Å². The maximum atomic E-state index is 13.0. The lowest BCUT2D eigenvalue weighted by molar-refractivity contribution is -0.00165. The Morgan fingerprint density at radius 1 is 1.12 bits per heavy atom. The van der Waals surface area contributed by atoms with Gasteiger partial charge in [0, 0.05) is 25.8 Å². The molecule has 0 spiro atoms. The number of nitrogens with zero attached hydrogens (tertiary/aromatic N) is 3. The lowest BCUT2D eigenvalue weighted by atomic mass is 10.0. The number of hydrogen-bond acceptors (Lipinski definition) is 4. The van der Waals surface area contributed by atoms with E-state index >= 15 is 0 Å². The predicted octanol–water partition coefficient (Wildman–Crippen LogP) is 2.38. The molecule has 1 aromatic carbocycles. The zero-order valence-electron chi connectivity index (χ0n) is 14.3. The van der Waals surface area contributed by atoms with Gasteiger partial charge in [-0.25, -0.2) is 4.98 Å². The van der Waals surface area contributed by atoms with Gasteiger partial charge >= 0.3 is 0 Å². The molecule has 25 heavy (non-hydrogen) atoms. The van der Waals surface area contributed by atoms with E-state index in [-0.39, 0.29) is 11.9 Å². The van der Waals surface area contributed by atoms with Gasteiger partial charge in [0.2, 0.25) is 0 Å². The summed E-state index contributed by atoms with van der Waals surface area (Å²) in [6.45, 7) is 3.92. The Morgan fingerprint density at radius 3 is 2.64 bits per heavy atom. The average molecular weight is 337 g/mol. The highest BCUT2D eigenvalue weighted by molar-refractivity contribution is 5.94. The van der Waals surface area contributed by atoms with Gasteiger partial charge in [0.15, 0.2) is 0 Å². The van der Waals surface area contributed by atoms with Crippen LogP contribution < -0.4 is 4.90 Å². The van der Waals surface area contributed by atoms with E-state index in [1.807, 2.05) is 35.2 Å². The summed E-state index contributed by atoms with van der Waals surface area (Å²) in [5, 5.41) is 0. The van der Waals surface area contributed by atoms with Crippen LogP contribution in [-0.2, 0) is 11.2 Å². The third kappa shape index (κ3) is 3.51. The molecule has 0 bridgehead atoms. The number of ether oxygens (including phenoxy) is 1. The highest BCUT2D eigenvalue weighted by Gasteiger charge is 2.28. The summed E-state index contributed by atoms with van der Waals surface area (Å²) in [5.74, 6) is 1.01. The number of hydrogen-bond donors (Lipinski definition) is 0. The zero-order valence-corrected chi connectivity index (χ0v) is 14.3. The molecule has 1 aromatic heterocycles. The highest BCUT2D eigenvalue weighted by atomic mass is 16.5. The van der Waals surface area contributed by atoms with Gasteiger partial charge in [-0.05, 0) is 30.5 Å². The number of amides is 1. The van der Waals surface area contributed by atoms with E-state index < -0.39 is 0 Å². The molecule has 0 N–H and O–H groups in total. The van der Waals surface area contributed by atoms with Crippen LogP contribution in [0, 0.1) is 0 Å².